The Morgan fingerprint density at radius 2 is 2.07 bits per heavy atom. The van der Waals surface area contributed by atoms with Crippen molar-refractivity contribution < 1.29 is 5.11 Å². The SMILES string of the molecule is OCc1nc2c(s1)CC1(CCCC1)CC2. The second kappa shape index (κ2) is 3.56. The van der Waals surface area contributed by atoms with Crippen molar-refractivity contribution in [2.75, 3.05) is 0 Å². The Bertz CT molecular complexity index is 366. The molecule has 1 N–H and O–H groups in total. The Morgan fingerprint density at radius 1 is 1.27 bits per heavy atom. The average Bonchev–Trinajstić information content (AvgIpc) is 2.85. The summed E-state index contributed by atoms with van der Waals surface area (Å²) in [6.45, 7) is 0.116. The third-order valence-electron chi connectivity index (χ3n) is 4.05. The first kappa shape index (κ1) is 9.79. The molecule has 0 atom stereocenters. The normalized spacial score (nSPS) is 23.3. The minimum absolute atomic E-state index is 0.116. The number of nitrogens with zero attached hydrogens (tertiary/aromatic N) is 1. The highest BCUT2D eigenvalue weighted by molar-refractivity contribution is 7.11. The van der Waals surface area contributed by atoms with Gasteiger partial charge in [0.1, 0.15) is 5.01 Å². The predicted molar refractivity (Wildman–Crippen MR) is 61.0 cm³/mol. The topological polar surface area (TPSA) is 33.1 Å². The number of fused-ring (bicyclic) bond motifs is 1. The smallest absolute Gasteiger partial charge is 0.119 e. The second-order valence-electron chi connectivity index (χ2n) is 5.02. The molecule has 82 valence electrons. The highest BCUT2D eigenvalue weighted by atomic mass is 32.1. The van der Waals surface area contributed by atoms with Crippen molar-refractivity contribution in [1.29, 1.82) is 0 Å². The number of aliphatic hydroxyl groups excluding tert-OH is 1. The molecule has 1 aromatic rings. The molecule has 1 spiro atoms. The Morgan fingerprint density at radius 3 is 2.80 bits per heavy atom. The Kier molecular flexibility index (Phi) is 2.33. The van der Waals surface area contributed by atoms with Gasteiger partial charge < -0.3 is 5.11 Å². The van der Waals surface area contributed by atoms with Crippen LogP contribution in [0.3, 0.4) is 0 Å². The quantitative estimate of drug-likeness (QED) is 0.794. The summed E-state index contributed by atoms with van der Waals surface area (Å²) in [6, 6.07) is 0. The van der Waals surface area contributed by atoms with Crippen molar-refractivity contribution in [3.63, 3.8) is 0 Å². The van der Waals surface area contributed by atoms with E-state index in [9.17, 15) is 0 Å². The van der Waals surface area contributed by atoms with Gasteiger partial charge in [0.2, 0.25) is 0 Å². The van der Waals surface area contributed by atoms with E-state index in [1.165, 1.54) is 49.1 Å². The van der Waals surface area contributed by atoms with Crippen LogP contribution in [0.1, 0.15) is 47.7 Å². The molecule has 2 nitrogen and oxygen atoms in total. The van der Waals surface area contributed by atoms with E-state index in [2.05, 4.69) is 4.98 Å². The molecule has 0 aromatic carbocycles. The van der Waals surface area contributed by atoms with E-state index in [1.54, 1.807) is 11.3 Å². The molecule has 15 heavy (non-hydrogen) atoms. The van der Waals surface area contributed by atoms with Crippen LogP contribution in [-0.2, 0) is 19.4 Å². The molecular weight excluding hydrogens is 206 g/mol. The molecule has 3 heteroatoms. The van der Waals surface area contributed by atoms with Crippen LogP contribution in [0.2, 0.25) is 0 Å². The Balaban J connectivity index is 1.88. The highest BCUT2D eigenvalue weighted by Gasteiger charge is 2.38. The zero-order valence-electron chi connectivity index (χ0n) is 8.96. The molecule has 1 saturated carbocycles. The summed E-state index contributed by atoms with van der Waals surface area (Å²) in [6.07, 6.45) is 9.38. The lowest BCUT2D eigenvalue weighted by atomic mass is 9.74. The maximum atomic E-state index is 9.09. The lowest BCUT2D eigenvalue weighted by Gasteiger charge is -2.32. The van der Waals surface area contributed by atoms with Crippen LogP contribution < -0.4 is 0 Å². The first-order valence-corrected chi connectivity index (χ1v) is 6.71. The number of aromatic nitrogens is 1. The zero-order chi connectivity index (χ0) is 10.3. The molecule has 2 aliphatic carbocycles. The average molecular weight is 223 g/mol. The number of hydrogen-bond acceptors (Lipinski definition) is 3. The van der Waals surface area contributed by atoms with Crippen molar-refractivity contribution in [1.82, 2.24) is 4.98 Å². The molecule has 0 unspecified atom stereocenters. The van der Waals surface area contributed by atoms with Crippen molar-refractivity contribution in [2.45, 2.75) is 51.6 Å². The Hall–Kier alpha value is -0.410. The van der Waals surface area contributed by atoms with Crippen LogP contribution in [0.4, 0.5) is 0 Å². The number of aryl methyl sites for hydroxylation is 1. The lowest BCUT2D eigenvalue weighted by molar-refractivity contribution is 0.255. The largest absolute Gasteiger partial charge is 0.389 e. The number of rotatable bonds is 1. The molecule has 0 amide bonds. The molecule has 1 aromatic heterocycles. The van der Waals surface area contributed by atoms with Gasteiger partial charge in [0.25, 0.3) is 0 Å². The molecule has 0 radical (unpaired) electrons. The van der Waals surface area contributed by atoms with Gasteiger partial charge in [-0.3, -0.25) is 0 Å². The molecule has 0 saturated heterocycles. The molecule has 3 rings (SSSR count). The molecule has 0 aliphatic heterocycles. The van der Waals surface area contributed by atoms with Crippen molar-refractivity contribution in [3.8, 4) is 0 Å². The summed E-state index contributed by atoms with van der Waals surface area (Å²) >= 11 is 1.74. The van der Waals surface area contributed by atoms with Gasteiger partial charge in [0.05, 0.1) is 12.3 Å². The van der Waals surface area contributed by atoms with Gasteiger partial charge in [-0.05, 0) is 37.5 Å². The summed E-state index contributed by atoms with van der Waals surface area (Å²) in [5.74, 6) is 0. The summed E-state index contributed by atoms with van der Waals surface area (Å²) < 4.78 is 0. The van der Waals surface area contributed by atoms with Gasteiger partial charge in [-0.25, -0.2) is 4.98 Å². The highest BCUT2D eigenvalue weighted by Crippen LogP contribution is 2.48. The van der Waals surface area contributed by atoms with Crippen LogP contribution in [0.25, 0.3) is 0 Å². The summed E-state index contributed by atoms with van der Waals surface area (Å²) in [7, 11) is 0. The van der Waals surface area contributed by atoms with Crippen LogP contribution in [0.5, 0.6) is 0 Å². The standard InChI is InChI=1S/C12H17NOS/c14-8-11-13-9-3-6-12(4-1-2-5-12)7-10(9)15-11/h14H,1-8H2. The summed E-state index contributed by atoms with van der Waals surface area (Å²) in [4.78, 5) is 5.96. The molecular formula is C12H17NOS. The van der Waals surface area contributed by atoms with Gasteiger partial charge in [-0.1, -0.05) is 12.8 Å². The van der Waals surface area contributed by atoms with Crippen molar-refractivity contribution >= 4 is 11.3 Å². The van der Waals surface area contributed by atoms with Crippen LogP contribution >= 0.6 is 11.3 Å². The summed E-state index contributed by atoms with van der Waals surface area (Å²) in [5, 5.41) is 10.0. The van der Waals surface area contributed by atoms with Gasteiger partial charge in [-0.15, -0.1) is 11.3 Å². The molecule has 0 bridgehead atoms. The fourth-order valence-corrected chi connectivity index (χ4v) is 4.35. The zero-order valence-corrected chi connectivity index (χ0v) is 9.78. The van der Waals surface area contributed by atoms with E-state index in [-0.39, 0.29) is 6.61 Å². The van der Waals surface area contributed by atoms with Crippen LogP contribution in [0, 0.1) is 5.41 Å². The van der Waals surface area contributed by atoms with E-state index in [1.807, 2.05) is 0 Å². The Labute approximate surface area is 94.4 Å². The van der Waals surface area contributed by atoms with E-state index in [4.69, 9.17) is 5.11 Å². The third-order valence-corrected chi connectivity index (χ3v) is 5.13. The fraction of sp³-hybridized carbons (Fsp3) is 0.750. The first-order chi connectivity index (χ1) is 7.31. The number of aliphatic hydroxyl groups is 1. The van der Waals surface area contributed by atoms with Crippen molar-refractivity contribution in [3.05, 3.63) is 15.6 Å². The monoisotopic (exact) mass is 223 g/mol. The fourth-order valence-electron chi connectivity index (χ4n) is 3.20. The predicted octanol–water partition coefficient (Wildman–Crippen LogP) is 2.68. The number of hydrogen-bond donors (Lipinski definition) is 1. The maximum Gasteiger partial charge on any atom is 0.119 e. The minimum Gasteiger partial charge on any atom is -0.389 e. The third kappa shape index (κ3) is 1.62. The van der Waals surface area contributed by atoms with Crippen LogP contribution in [0.15, 0.2) is 0 Å². The van der Waals surface area contributed by atoms with Crippen LogP contribution in [-0.4, -0.2) is 10.1 Å². The van der Waals surface area contributed by atoms with E-state index >= 15 is 0 Å². The van der Waals surface area contributed by atoms with Gasteiger partial charge in [0, 0.05) is 4.88 Å². The van der Waals surface area contributed by atoms with Gasteiger partial charge >= 0.3 is 0 Å². The van der Waals surface area contributed by atoms with Crippen molar-refractivity contribution in [2.24, 2.45) is 5.41 Å². The first-order valence-electron chi connectivity index (χ1n) is 5.90. The van der Waals surface area contributed by atoms with E-state index < -0.39 is 0 Å². The number of thiazole rings is 1. The minimum atomic E-state index is 0.116. The van der Waals surface area contributed by atoms with E-state index in [0.29, 0.717) is 5.41 Å². The van der Waals surface area contributed by atoms with Gasteiger partial charge in [-0.2, -0.15) is 0 Å². The lowest BCUT2D eigenvalue weighted by Crippen LogP contribution is -2.24. The van der Waals surface area contributed by atoms with E-state index in [0.717, 1.165) is 11.4 Å². The van der Waals surface area contributed by atoms with Gasteiger partial charge in [0.15, 0.2) is 0 Å². The molecule has 1 heterocycles. The summed E-state index contributed by atoms with van der Waals surface area (Å²) in [5.41, 5.74) is 1.90. The molecule has 2 aliphatic rings. The molecule has 1 fully saturated rings. The second-order valence-corrected chi connectivity index (χ2v) is 6.19. The maximum absolute atomic E-state index is 9.09.